The SMILES string of the molecule is CC1=CN(c2ccc(S(=O)(=O)N3CCN(C)CC3)cn2)NC1C. The number of sulfonamides is 1. The van der Waals surface area contributed by atoms with Gasteiger partial charge >= 0.3 is 0 Å². The van der Waals surface area contributed by atoms with Gasteiger partial charge in [-0.25, -0.2) is 18.8 Å². The Bertz CT molecular complexity index is 693. The molecule has 1 aromatic rings. The molecule has 2 aliphatic heterocycles. The third kappa shape index (κ3) is 3.25. The lowest BCUT2D eigenvalue weighted by Crippen LogP contribution is -2.47. The van der Waals surface area contributed by atoms with Crippen molar-refractivity contribution in [3.63, 3.8) is 0 Å². The van der Waals surface area contributed by atoms with Gasteiger partial charge in [0.1, 0.15) is 10.7 Å². The first-order valence-corrected chi connectivity index (χ1v) is 9.20. The van der Waals surface area contributed by atoms with E-state index in [1.165, 1.54) is 16.1 Å². The number of hydrogen-bond donors (Lipinski definition) is 1. The second kappa shape index (κ2) is 6.20. The predicted octanol–water partition coefficient (Wildman–Crippen LogP) is 0.635. The van der Waals surface area contributed by atoms with Gasteiger partial charge in [0.05, 0.1) is 0 Å². The third-order valence-electron chi connectivity index (χ3n) is 4.42. The Morgan fingerprint density at radius 2 is 1.91 bits per heavy atom. The van der Waals surface area contributed by atoms with Crippen molar-refractivity contribution in [2.45, 2.75) is 24.8 Å². The minimum absolute atomic E-state index is 0.249. The van der Waals surface area contributed by atoms with Gasteiger partial charge in [0.2, 0.25) is 10.0 Å². The maximum absolute atomic E-state index is 12.7. The highest BCUT2D eigenvalue weighted by atomic mass is 32.2. The average molecular weight is 337 g/mol. The van der Waals surface area contributed by atoms with Crippen LogP contribution >= 0.6 is 0 Å². The number of hydrogen-bond acceptors (Lipinski definition) is 6. The number of rotatable bonds is 3. The van der Waals surface area contributed by atoms with Crippen LogP contribution in [-0.2, 0) is 10.0 Å². The van der Waals surface area contributed by atoms with Gasteiger partial charge in [0.15, 0.2) is 0 Å². The van der Waals surface area contributed by atoms with E-state index in [1.54, 1.807) is 12.1 Å². The summed E-state index contributed by atoms with van der Waals surface area (Å²) in [4.78, 5) is 6.68. The molecule has 1 saturated heterocycles. The maximum Gasteiger partial charge on any atom is 0.244 e. The van der Waals surface area contributed by atoms with Gasteiger partial charge in [0.25, 0.3) is 0 Å². The molecule has 0 spiro atoms. The molecule has 3 heterocycles. The molecule has 1 atom stereocenters. The van der Waals surface area contributed by atoms with Gasteiger partial charge in [-0.15, -0.1) is 0 Å². The van der Waals surface area contributed by atoms with Gasteiger partial charge in [-0.05, 0) is 38.6 Å². The molecule has 2 aliphatic rings. The van der Waals surface area contributed by atoms with Crippen molar-refractivity contribution in [2.24, 2.45) is 0 Å². The lowest BCUT2D eigenvalue weighted by molar-refractivity contribution is 0.222. The quantitative estimate of drug-likeness (QED) is 0.873. The van der Waals surface area contributed by atoms with Crippen LogP contribution < -0.4 is 10.4 Å². The number of nitrogens with one attached hydrogen (secondary N) is 1. The standard InChI is InChI=1S/C15H23N5O2S/c1-12-11-20(17-13(12)2)15-5-4-14(10-16-15)23(21,22)19-8-6-18(3)7-9-19/h4-5,10-11,13,17H,6-9H2,1-3H3. The largest absolute Gasteiger partial charge is 0.304 e. The monoisotopic (exact) mass is 337 g/mol. The molecule has 1 unspecified atom stereocenters. The molecule has 126 valence electrons. The van der Waals surface area contributed by atoms with E-state index >= 15 is 0 Å². The van der Waals surface area contributed by atoms with E-state index < -0.39 is 10.0 Å². The first-order valence-electron chi connectivity index (χ1n) is 7.76. The average Bonchev–Trinajstić information content (AvgIpc) is 2.87. The van der Waals surface area contributed by atoms with Crippen molar-refractivity contribution in [1.82, 2.24) is 19.6 Å². The summed E-state index contributed by atoms with van der Waals surface area (Å²) in [5, 5.41) is 1.83. The summed E-state index contributed by atoms with van der Waals surface area (Å²) in [5.41, 5.74) is 4.47. The zero-order valence-corrected chi connectivity index (χ0v) is 14.5. The third-order valence-corrected chi connectivity index (χ3v) is 6.30. The van der Waals surface area contributed by atoms with E-state index in [1.807, 2.05) is 25.2 Å². The summed E-state index contributed by atoms with van der Waals surface area (Å²) >= 11 is 0. The summed E-state index contributed by atoms with van der Waals surface area (Å²) in [5.74, 6) is 0.686. The van der Waals surface area contributed by atoms with Crippen LogP contribution in [0, 0.1) is 0 Å². The van der Waals surface area contributed by atoms with Crippen LogP contribution in [0.3, 0.4) is 0 Å². The molecule has 3 rings (SSSR count). The van der Waals surface area contributed by atoms with Crippen LogP contribution in [0.25, 0.3) is 0 Å². The normalized spacial score (nSPS) is 24.0. The van der Waals surface area contributed by atoms with Crippen molar-refractivity contribution in [2.75, 3.05) is 38.2 Å². The molecule has 1 N–H and O–H groups in total. The molecule has 0 saturated carbocycles. The molecule has 0 bridgehead atoms. The number of aromatic nitrogens is 1. The molecule has 0 aliphatic carbocycles. The number of nitrogens with zero attached hydrogens (tertiary/aromatic N) is 4. The van der Waals surface area contributed by atoms with Crippen LogP contribution in [0.5, 0.6) is 0 Å². The van der Waals surface area contributed by atoms with Gasteiger partial charge in [0, 0.05) is 44.6 Å². The van der Waals surface area contributed by atoms with Crippen molar-refractivity contribution in [3.05, 3.63) is 30.1 Å². The lowest BCUT2D eigenvalue weighted by Gasteiger charge is -2.31. The minimum Gasteiger partial charge on any atom is -0.304 e. The van der Waals surface area contributed by atoms with Gasteiger partial charge in [-0.2, -0.15) is 4.31 Å². The number of pyridine rings is 1. The highest BCUT2D eigenvalue weighted by Crippen LogP contribution is 2.21. The minimum atomic E-state index is -3.46. The van der Waals surface area contributed by atoms with E-state index in [4.69, 9.17) is 0 Å². The molecular weight excluding hydrogens is 314 g/mol. The first kappa shape index (κ1) is 16.4. The molecule has 7 nitrogen and oxygen atoms in total. The van der Waals surface area contributed by atoms with E-state index in [9.17, 15) is 8.42 Å². The van der Waals surface area contributed by atoms with Crippen molar-refractivity contribution in [1.29, 1.82) is 0 Å². The lowest BCUT2D eigenvalue weighted by atomic mass is 10.2. The smallest absolute Gasteiger partial charge is 0.244 e. The number of hydrazine groups is 1. The van der Waals surface area contributed by atoms with E-state index in [2.05, 4.69) is 22.2 Å². The summed E-state index contributed by atoms with van der Waals surface area (Å²) < 4.78 is 26.8. The van der Waals surface area contributed by atoms with Gasteiger partial charge in [-0.1, -0.05) is 0 Å². The van der Waals surface area contributed by atoms with Crippen LogP contribution in [0.4, 0.5) is 5.82 Å². The van der Waals surface area contributed by atoms with E-state index in [-0.39, 0.29) is 10.9 Å². The highest BCUT2D eigenvalue weighted by Gasteiger charge is 2.28. The van der Waals surface area contributed by atoms with E-state index in [0.717, 1.165) is 13.1 Å². The Kier molecular flexibility index (Phi) is 4.41. The summed E-state index contributed by atoms with van der Waals surface area (Å²) in [6, 6.07) is 3.62. The number of anilines is 1. The van der Waals surface area contributed by atoms with Crippen molar-refractivity contribution < 1.29 is 8.42 Å². The Labute approximate surface area is 137 Å². The first-order chi connectivity index (χ1) is 10.9. The summed E-state index contributed by atoms with van der Waals surface area (Å²) in [6.45, 7) is 6.66. The van der Waals surface area contributed by atoms with Crippen LogP contribution in [0.1, 0.15) is 13.8 Å². The van der Waals surface area contributed by atoms with Crippen LogP contribution in [0.15, 0.2) is 35.0 Å². The topological polar surface area (TPSA) is 68.8 Å². The second-order valence-electron chi connectivity index (χ2n) is 6.15. The molecular formula is C15H23N5O2S. The fourth-order valence-electron chi connectivity index (χ4n) is 2.64. The highest BCUT2D eigenvalue weighted by molar-refractivity contribution is 7.89. The number of likely N-dealkylation sites (N-methyl/N-ethyl adjacent to an activating group) is 1. The Morgan fingerprint density at radius 1 is 1.22 bits per heavy atom. The Hall–Kier alpha value is -1.48. The molecule has 23 heavy (non-hydrogen) atoms. The van der Waals surface area contributed by atoms with Crippen molar-refractivity contribution in [3.8, 4) is 0 Å². The van der Waals surface area contributed by atoms with Crippen LogP contribution in [0.2, 0.25) is 0 Å². The van der Waals surface area contributed by atoms with E-state index in [0.29, 0.717) is 18.9 Å². The zero-order chi connectivity index (χ0) is 16.6. The zero-order valence-electron chi connectivity index (χ0n) is 13.7. The molecule has 0 aromatic carbocycles. The summed E-state index contributed by atoms with van der Waals surface area (Å²) in [6.07, 6.45) is 3.42. The molecule has 0 amide bonds. The van der Waals surface area contributed by atoms with Crippen LogP contribution in [-0.4, -0.2) is 61.9 Å². The van der Waals surface area contributed by atoms with Crippen molar-refractivity contribution >= 4 is 15.8 Å². The van der Waals surface area contributed by atoms with Gasteiger partial charge in [-0.3, -0.25) is 5.01 Å². The predicted molar refractivity (Wildman–Crippen MR) is 89.3 cm³/mol. The second-order valence-corrected chi connectivity index (χ2v) is 8.09. The molecule has 8 heteroatoms. The number of piperazine rings is 1. The molecule has 1 aromatic heterocycles. The maximum atomic E-state index is 12.7. The van der Waals surface area contributed by atoms with Gasteiger partial charge < -0.3 is 4.90 Å². The Morgan fingerprint density at radius 3 is 2.43 bits per heavy atom. The molecule has 1 fully saturated rings. The Balaban J connectivity index is 1.77. The fraction of sp³-hybridized carbons (Fsp3) is 0.533. The fourth-order valence-corrected chi connectivity index (χ4v) is 4.01. The molecule has 0 radical (unpaired) electrons. The summed E-state index contributed by atoms with van der Waals surface area (Å²) in [7, 11) is -1.46.